The molecular weight excluding hydrogens is 178 g/mol. The van der Waals surface area contributed by atoms with Crippen LogP contribution in [0.15, 0.2) is 53.6 Å². The fourth-order valence-electron chi connectivity index (χ4n) is 1.17. The van der Waals surface area contributed by atoms with E-state index in [2.05, 4.69) is 17.6 Å². The average molecular weight is 187 g/mol. The third kappa shape index (κ3) is 1.90. The fourth-order valence-corrected chi connectivity index (χ4v) is 1.30. The summed E-state index contributed by atoms with van der Waals surface area (Å²) in [6.45, 7) is 0. The van der Waals surface area contributed by atoms with Gasteiger partial charge in [0.25, 0.3) is 0 Å². The van der Waals surface area contributed by atoms with Gasteiger partial charge in [-0.25, -0.2) is 0 Å². The van der Waals surface area contributed by atoms with Crippen molar-refractivity contribution >= 4 is 12.6 Å². The molecule has 0 fully saturated rings. The van der Waals surface area contributed by atoms with Gasteiger partial charge in [-0.1, -0.05) is 30.3 Å². The van der Waals surface area contributed by atoms with E-state index in [9.17, 15) is 0 Å². The van der Waals surface area contributed by atoms with Crippen LogP contribution in [0.2, 0.25) is 0 Å². The van der Waals surface area contributed by atoms with E-state index < -0.39 is 0 Å². The van der Waals surface area contributed by atoms with Crippen LogP contribution in [0.4, 0.5) is 0 Å². The molecule has 2 aromatic rings. The Bertz CT molecular complexity index is 381. The Morgan fingerprint density at radius 3 is 2.31 bits per heavy atom. The van der Waals surface area contributed by atoms with Crippen molar-refractivity contribution in [1.29, 1.82) is 0 Å². The van der Waals surface area contributed by atoms with E-state index in [0.717, 1.165) is 16.2 Å². The highest BCUT2D eigenvalue weighted by Crippen LogP contribution is 2.16. The highest BCUT2D eigenvalue weighted by Gasteiger charge is 1.95. The second kappa shape index (κ2) is 3.62. The molecule has 0 bridgehead atoms. The number of nitrogens with zero attached hydrogens (tertiary/aromatic N) is 1. The lowest BCUT2D eigenvalue weighted by molar-refractivity contribution is 1.25. The zero-order valence-corrected chi connectivity index (χ0v) is 7.91. The van der Waals surface area contributed by atoms with Crippen LogP contribution >= 0.6 is 12.6 Å². The molecule has 0 aliphatic rings. The zero-order chi connectivity index (χ0) is 9.10. The molecule has 0 aliphatic heterocycles. The van der Waals surface area contributed by atoms with Crippen molar-refractivity contribution in [2.45, 2.75) is 4.90 Å². The molecular formula is C11H9NS. The molecule has 2 rings (SSSR count). The summed E-state index contributed by atoms with van der Waals surface area (Å²) in [7, 11) is 0. The van der Waals surface area contributed by atoms with Gasteiger partial charge >= 0.3 is 0 Å². The van der Waals surface area contributed by atoms with Crippen molar-refractivity contribution in [3.8, 4) is 11.3 Å². The van der Waals surface area contributed by atoms with Gasteiger partial charge in [0, 0.05) is 16.7 Å². The number of rotatable bonds is 1. The van der Waals surface area contributed by atoms with Crippen LogP contribution in [0.5, 0.6) is 0 Å². The van der Waals surface area contributed by atoms with Crippen molar-refractivity contribution in [3.05, 3.63) is 48.7 Å². The summed E-state index contributed by atoms with van der Waals surface area (Å²) >= 11 is 4.18. The number of thiol groups is 1. The Labute approximate surface area is 82.9 Å². The predicted octanol–water partition coefficient (Wildman–Crippen LogP) is 3.04. The number of aromatic nitrogens is 1. The van der Waals surface area contributed by atoms with Crippen molar-refractivity contribution < 1.29 is 0 Å². The number of pyridine rings is 1. The molecule has 0 aliphatic carbocycles. The van der Waals surface area contributed by atoms with E-state index in [0.29, 0.717) is 0 Å². The van der Waals surface area contributed by atoms with Crippen LogP contribution in [-0.4, -0.2) is 4.98 Å². The van der Waals surface area contributed by atoms with Crippen LogP contribution in [0.1, 0.15) is 0 Å². The summed E-state index contributed by atoms with van der Waals surface area (Å²) in [6.07, 6.45) is 1.76. The first-order valence-electron chi connectivity index (χ1n) is 4.07. The van der Waals surface area contributed by atoms with Gasteiger partial charge in [0.15, 0.2) is 0 Å². The number of hydrogen-bond acceptors (Lipinski definition) is 2. The van der Waals surface area contributed by atoms with E-state index in [1.165, 1.54) is 0 Å². The van der Waals surface area contributed by atoms with Gasteiger partial charge in [0.2, 0.25) is 0 Å². The summed E-state index contributed by atoms with van der Waals surface area (Å²) in [5.74, 6) is 0. The molecule has 0 unspecified atom stereocenters. The van der Waals surface area contributed by atoms with Crippen LogP contribution in [0, 0.1) is 0 Å². The standard InChI is InChI=1S/C11H9NS/c13-10-6-7-11(12-8-10)9-4-2-1-3-5-9/h1-8,13H. The Morgan fingerprint density at radius 1 is 0.923 bits per heavy atom. The molecule has 1 heterocycles. The predicted molar refractivity (Wildman–Crippen MR) is 56.9 cm³/mol. The maximum Gasteiger partial charge on any atom is 0.0702 e. The van der Waals surface area contributed by atoms with E-state index >= 15 is 0 Å². The summed E-state index contributed by atoms with van der Waals surface area (Å²) in [5, 5.41) is 0. The van der Waals surface area contributed by atoms with E-state index in [-0.39, 0.29) is 0 Å². The molecule has 1 nitrogen and oxygen atoms in total. The summed E-state index contributed by atoms with van der Waals surface area (Å²) in [4.78, 5) is 5.16. The first-order valence-corrected chi connectivity index (χ1v) is 4.51. The SMILES string of the molecule is Sc1ccc(-c2ccccc2)nc1. The highest BCUT2D eigenvalue weighted by atomic mass is 32.1. The molecule has 0 radical (unpaired) electrons. The molecule has 0 N–H and O–H groups in total. The topological polar surface area (TPSA) is 12.9 Å². The quantitative estimate of drug-likeness (QED) is 0.677. The number of hydrogen-bond donors (Lipinski definition) is 1. The average Bonchev–Trinajstić information content (AvgIpc) is 2.20. The molecule has 2 heteroatoms. The zero-order valence-electron chi connectivity index (χ0n) is 7.01. The largest absolute Gasteiger partial charge is 0.255 e. The molecule has 0 saturated heterocycles. The van der Waals surface area contributed by atoms with Gasteiger partial charge < -0.3 is 0 Å². The lowest BCUT2D eigenvalue weighted by Crippen LogP contribution is -1.81. The third-order valence-corrected chi connectivity index (χ3v) is 2.08. The Balaban J connectivity index is 2.42. The molecule has 0 saturated carbocycles. The second-order valence-corrected chi connectivity index (χ2v) is 3.28. The van der Waals surface area contributed by atoms with Crippen LogP contribution in [0.3, 0.4) is 0 Å². The highest BCUT2D eigenvalue weighted by molar-refractivity contribution is 7.80. The molecule has 13 heavy (non-hydrogen) atoms. The van der Waals surface area contributed by atoms with Crippen molar-refractivity contribution in [2.75, 3.05) is 0 Å². The molecule has 64 valence electrons. The number of benzene rings is 1. The Morgan fingerprint density at radius 2 is 1.69 bits per heavy atom. The lowest BCUT2D eigenvalue weighted by Gasteiger charge is -1.99. The Kier molecular flexibility index (Phi) is 2.32. The summed E-state index contributed by atoms with van der Waals surface area (Å²) in [6, 6.07) is 14.0. The maximum atomic E-state index is 4.27. The normalized spacial score (nSPS) is 9.92. The van der Waals surface area contributed by atoms with Gasteiger partial charge in [0.05, 0.1) is 5.69 Å². The summed E-state index contributed by atoms with van der Waals surface area (Å²) < 4.78 is 0. The van der Waals surface area contributed by atoms with Crippen molar-refractivity contribution in [3.63, 3.8) is 0 Å². The van der Waals surface area contributed by atoms with Gasteiger partial charge in [-0.3, -0.25) is 4.98 Å². The molecule has 1 aromatic heterocycles. The van der Waals surface area contributed by atoms with Crippen molar-refractivity contribution in [2.24, 2.45) is 0 Å². The fraction of sp³-hybridized carbons (Fsp3) is 0. The van der Waals surface area contributed by atoms with Gasteiger partial charge in [-0.05, 0) is 12.1 Å². The van der Waals surface area contributed by atoms with E-state index in [1.807, 2.05) is 42.5 Å². The van der Waals surface area contributed by atoms with Crippen LogP contribution < -0.4 is 0 Å². The van der Waals surface area contributed by atoms with Crippen LogP contribution in [-0.2, 0) is 0 Å². The Hall–Kier alpha value is -1.28. The second-order valence-electron chi connectivity index (χ2n) is 2.77. The first-order chi connectivity index (χ1) is 6.36. The van der Waals surface area contributed by atoms with Crippen molar-refractivity contribution in [1.82, 2.24) is 4.98 Å². The van der Waals surface area contributed by atoms with Gasteiger partial charge in [0.1, 0.15) is 0 Å². The van der Waals surface area contributed by atoms with E-state index in [1.54, 1.807) is 6.20 Å². The minimum Gasteiger partial charge on any atom is -0.255 e. The van der Waals surface area contributed by atoms with E-state index in [4.69, 9.17) is 0 Å². The molecule has 0 amide bonds. The summed E-state index contributed by atoms with van der Waals surface area (Å²) in [5.41, 5.74) is 2.12. The smallest absolute Gasteiger partial charge is 0.0702 e. The molecule has 1 aromatic carbocycles. The minimum atomic E-state index is 0.889. The molecule has 0 spiro atoms. The monoisotopic (exact) mass is 187 g/mol. The first kappa shape index (κ1) is 8.32. The van der Waals surface area contributed by atoms with Gasteiger partial charge in [-0.15, -0.1) is 12.6 Å². The third-order valence-electron chi connectivity index (χ3n) is 1.82. The minimum absolute atomic E-state index is 0.889. The van der Waals surface area contributed by atoms with Crippen LogP contribution in [0.25, 0.3) is 11.3 Å². The molecule has 0 atom stereocenters. The lowest BCUT2D eigenvalue weighted by atomic mass is 10.1. The maximum absolute atomic E-state index is 4.27. The van der Waals surface area contributed by atoms with Gasteiger partial charge in [-0.2, -0.15) is 0 Å².